The lowest BCUT2D eigenvalue weighted by molar-refractivity contribution is 0.418. The zero-order valence-corrected chi connectivity index (χ0v) is 10.3. The van der Waals surface area contributed by atoms with Crippen LogP contribution in [0.3, 0.4) is 0 Å². The van der Waals surface area contributed by atoms with Crippen LogP contribution in [0, 0.1) is 12.3 Å². The van der Waals surface area contributed by atoms with E-state index in [1.807, 2.05) is 13.0 Å². The number of hydrogen-bond donors (Lipinski definition) is 1. The van der Waals surface area contributed by atoms with E-state index in [-0.39, 0.29) is 0 Å². The summed E-state index contributed by atoms with van der Waals surface area (Å²) in [4.78, 5) is 11.2. The standard InChI is InChI=1S/C12H20N4/c1-9-6-10(7-13)15-11(14-9)16-5-4-12(2,3)8-16/h6H,4-5,7-8,13H2,1-3H3. The Morgan fingerprint density at radius 1 is 1.44 bits per heavy atom. The molecule has 0 unspecified atom stereocenters. The topological polar surface area (TPSA) is 55.0 Å². The molecular formula is C12H20N4. The van der Waals surface area contributed by atoms with Gasteiger partial charge >= 0.3 is 0 Å². The Hall–Kier alpha value is -1.16. The lowest BCUT2D eigenvalue weighted by Crippen LogP contribution is -2.25. The van der Waals surface area contributed by atoms with E-state index in [4.69, 9.17) is 5.73 Å². The molecule has 16 heavy (non-hydrogen) atoms. The van der Waals surface area contributed by atoms with Crippen LogP contribution in [0.15, 0.2) is 6.07 Å². The van der Waals surface area contributed by atoms with Crippen LogP contribution in [0.4, 0.5) is 5.95 Å². The summed E-state index contributed by atoms with van der Waals surface area (Å²) in [5.41, 5.74) is 7.92. The normalized spacial score (nSPS) is 19.1. The molecule has 1 aliphatic rings. The van der Waals surface area contributed by atoms with Gasteiger partial charge in [0.2, 0.25) is 5.95 Å². The molecule has 2 heterocycles. The zero-order chi connectivity index (χ0) is 11.8. The Morgan fingerprint density at radius 2 is 2.19 bits per heavy atom. The number of rotatable bonds is 2. The summed E-state index contributed by atoms with van der Waals surface area (Å²) in [7, 11) is 0. The summed E-state index contributed by atoms with van der Waals surface area (Å²) in [6, 6.07) is 1.95. The third kappa shape index (κ3) is 2.32. The second-order valence-corrected chi connectivity index (χ2v) is 5.34. The van der Waals surface area contributed by atoms with Gasteiger partial charge in [0.15, 0.2) is 0 Å². The monoisotopic (exact) mass is 220 g/mol. The molecule has 0 spiro atoms. The molecule has 0 radical (unpaired) electrons. The molecular weight excluding hydrogens is 200 g/mol. The van der Waals surface area contributed by atoms with Gasteiger partial charge in [-0.05, 0) is 24.8 Å². The summed E-state index contributed by atoms with van der Waals surface area (Å²) in [5.74, 6) is 0.839. The van der Waals surface area contributed by atoms with Crippen molar-refractivity contribution in [1.82, 2.24) is 9.97 Å². The van der Waals surface area contributed by atoms with Crippen LogP contribution in [0.5, 0.6) is 0 Å². The predicted octanol–water partition coefficient (Wildman–Crippen LogP) is 1.48. The van der Waals surface area contributed by atoms with Crippen molar-refractivity contribution in [2.45, 2.75) is 33.7 Å². The fraction of sp³-hybridized carbons (Fsp3) is 0.667. The molecule has 2 rings (SSSR count). The smallest absolute Gasteiger partial charge is 0.225 e. The van der Waals surface area contributed by atoms with Crippen LogP contribution in [-0.4, -0.2) is 23.1 Å². The lowest BCUT2D eigenvalue weighted by Gasteiger charge is -2.20. The number of nitrogens with zero attached hydrogens (tertiary/aromatic N) is 3. The predicted molar refractivity (Wildman–Crippen MR) is 65.3 cm³/mol. The van der Waals surface area contributed by atoms with Crippen LogP contribution in [0.1, 0.15) is 31.7 Å². The second-order valence-electron chi connectivity index (χ2n) is 5.34. The van der Waals surface area contributed by atoms with E-state index in [1.54, 1.807) is 0 Å². The van der Waals surface area contributed by atoms with Crippen LogP contribution < -0.4 is 10.6 Å². The Bertz CT molecular complexity index is 387. The summed E-state index contributed by atoms with van der Waals surface area (Å²) in [6.45, 7) is 9.11. The third-order valence-electron chi connectivity index (χ3n) is 3.06. The first kappa shape index (κ1) is 11.3. The zero-order valence-electron chi connectivity index (χ0n) is 10.3. The van der Waals surface area contributed by atoms with Gasteiger partial charge in [0.1, 0.15) is 0 Å². The van der Waals surface area contributed by atoms with Gasteiger partial charge in [-0.2, -0.15) is 0 Å². The van der Waals surface area contributed by atoms with E-state index in [0.29, 0.717) is 12.0 Å². The summed E-state index contributed by atoms with van der Waals surface area (Å²) in [6.07, 6.45) is 1.20. The van der Waals surface area contributed by atoms with Gasteiger partial charge in [0, 0.05) is 25.3 Å². The average molecular weight is 220 g/mol. The molecule has 1 aliphatic heterocycles. The number of hydrogen-bond acceptors (Lipinski definition) is 4. The van der Waals surface area contributed by atoms with Gasteiger partial charge in [-0.1, -0.05) is 13.8 Å². The molecule has 0 atom stereocenters. The maximum Gasteiger partial charge on any atom is 0.225 e. The summed E-state index contributed by atoms with van der Waals surface area (Å²) < 4.78 is 0. The number of aryl methyl sites for hydroxylation is 1. The molecule has 1 aromatic heterocycles. The minimum atomic E-state index is 0.371. The highest BCUT2D eigenvalue weighted by molar-refractivity contribution is 5.34. The van der Waals surface area contributed by atoms with Gasteiger partial charge in [-0.15, -0.1) is 0 Å². The Labute approximate surface area is 96.9 Å². The van der Waals surface area contributed by atoms with Crippen LogP contribution in [0.25, 0.3) is 0 Å². The van der Waals surface area contributed by atoms with Crippen LogP contribution in [-0.2, 0) is 6.54 Å². The van der Waals surface area contributed by atoms with Gasteiger partial charge in [-0.3, -0.25) is 0 Å². The Balaban J connectivity index is 2.24. The van der Waals surface area contributed by atoms with Gasteiger partial charge in [0.05, 0.1) is 5.69 Å². The molecule has 0 saturated carbocycles. The molecule has 0 amide bonds. The van der Waals surface area contributed by atoms with E-state index in [2.05, 4.69) is 28.7 Å². The minimum absolute atomic E-state index is 0.371. The van der Waals surface area contributed by atoms with E-state index >= 15 is 0 Å². The van der Waals surface area contributed by atoms with E-state index in [0.717, 1.165) is 30.4 Å². The molecule has 1 saturated heterocycles. The lowest BCUT2D eigenvalue weighted by atomic mass is 9.93. The Kier molecular flexibility index (Phi) is 2.84. The van der Waals surface area contributed by atoms with E-state index in [9.17, 15) is 0 Å². The number of aromatic nitrogens is 2. The molecule has 1 aromatic rings. The van der Waals surface area contributed by atoms with Crippen molar-refractivity contribution in [3.8, 4) is 0 Å². The number of anilines is 1. The molecule has 1 fully saturated rings. The minimum Gasteiger partial charge on any atom is -0.340 e. The highest BCUT2D eigenvalue weighted by Crippen LogP contribution is 2.30. The molecule has 2 N–H and O–H groups in total. The quantitative estimate of drug-likeness (QED) is 0.820. The first-order valence-corrected chi connectivity index (χ1v) is 5.80. The summed E-state index contributed by atoms with van der Waals surface area (Å²) >= 11 is 0. The van der Waals surface area contributed by atoms with Crippen molar-refractivity contribution in [3.05, 3.63) is 17.5 Å². The van der Waals surface area contributed by atoms with Gasteiger partial charge in [-0.25, -0.2) is 9.97 Å². The first-order chi connectivity index (χ1) is 7.50. The van der Waals surface area contributed by atoms with Crippen LogP contribution >= 0.6 is 0 Å². The maximum absolute atomic E-state index is 5.63. The van der Waals surface area contributed by atoms with Crippen LogP contribution in [0.2, 0.25) is 0 Å². The molecule has 4 heteroatoms. The Morgan fingerprint density at radius 3 is 2.75 bits per heavy atom. The fourth-order valence-corrected chi connectivity index (χ4v) is 2.15. The van der Waals surface area contributed by atoms with Crippen molar-refractivity contribution >= 4 is 5.95 Å². The van der Waals surface area contributed by atoms with Crippen molar-refractivity contribution < 1.29 is 0 Å². The number of nitrogens with two attached hydrogens (primary N) is 1. The highest BCUT2D eigenvalue weighted by Gasteiger charge is 2.30. The molecule has 0 aliphatic carbocycles. The summed E-state index contributed by atoms with van der Waals surface area (Å²) in [5, 5.41) is 0. The van der Waals surface area contributed by atoms with E-state index in [1.165, 1.54) is 6.42 Å². The first-order valence-electron chi connectivity index (χ1n) is 5.80. The highest BCUT2D eigenvalue weighted by atomic mass is 15.3. The molecule has 4 nitrogen and oxygen atoms in total. The fourth-order valence-electron chi connectivity index (χ4n) is 2.15. The molecule has 88 valence electrons. The largest absolute Gasteiger partial charge is 0.340 e. The van der Waals surface area contributed by atoms with Crippen molar-refractivity contribution in [1.29, 1.82) is 0 Å². The third-order valence-corrected chi connectivity index (χ3v) is 3.06. The van der Waals surface area contributed by atoms with Crippen molar-refractivity contribution in [2.75, 3.05) is 18.0 Å². The van der Waals surface area contributed by atoms with Crippen molar-refractivity contribution in [3.63, 3.8) is 0 Å². The van der Waals surface area contributed by atoms with E-state index < -0.39 is 0 Å². The SMILES string of the molecule is Cc1cc(CN)nc(N2CCC(C)(C)C2)n1. The molecule has 0 bridgehead atoms. The maximum atomic E-state index is 5.63. The average Bonchev–Trinajstić information content (AvgIpc) is 2.58. The van der Waals surface area contributed by atoms with Gasteiger partial charge in [0.25, 0.3) is 0 Å². The second kappa shape index (κ2) is 4.01. The molecule has 0 aromatic carbocycles. The van der Waals surface area contributed by atoms with Crippen molar-refractivity contribution in [2.24, 2.45) is 11.1 Å². The van der Waals surface area contributed by atoms with Gasteiger partial charge < -0.3 is 10.6 Å².